The summed E-state index contributed by atoms with van der Waals surface area (Å²) >= 11 is 6.17. The lowest BCUT2D eigenvalue weighted by Crippen LogP contribution is -2.30. The van der Waals surface area contributed by atoms with Crippen LogP contribution in [-0.4, -0.2) is 19.8 Å². The highest BCUT2D eigenvalue weighted by Gasteiger charge is 2.34. The minimum Gasteiger partial charge on any atom is -0.493 e. The number of benzene rings is 1. The van der Waals surface area contributed by atoms with Gasteiger partial charge in [0.05, 0.1) is 18.1 Å². The molecule has 0 N–H and O–H groups in total. The van der Waals surface area contributed by atoms with Crippen LogP contribution in [0.25, 0.3) is 0 Å². The highest BCUT2D eigenvalue weighted by molar-refractivity contribution is 6.30. The predicted molar refractivity (Wildman–Crippen MR) is 72.5 cm³/mol. The molecule has 1 aromatic carbocycles. The van der Waals surface area contributed by atoms with Crippen LogP contribution in [0.15, 0.2) is 12.1 Å². The van der Waals surface area contributed by atoms with Crippen molar-refractivity contribution in [2.24, 2.45) is 5.41 Å². The molecule has 0 aliphatic carbocycles. The van der Waals surface area contributed by atoms with Crippen LogP contribution < -0.4 is 4.74 Å². The first-order valence-corrected chi connectivity index (χ1v) is 7.03. The Hall–Kier alpha value is -1.24. The van der Waals surface area contributed by atoms with Crippen LogP contribution in [0.1, 0.15) is 24.0 Å². The molecular weight excluding hydrogens is 262 g/mol. The lowest BCUT2D eigenvalue weighted by atomic mass is 9.76. The molecule has 2 heterocycles. The summed E-state index contributed by atoms with van der Waals surface area (Å²) in [5, 5.41) is 10.3. The molecule has 0 unspecified atom stereocenters. The molecule has 19 heavy (non-hydrogen) atoms. The van der Waals surface area contributed by atoms with E-state index in [-0.39, 0.29) is 5.41 Å². The van der Waals surface area contributed by atoms with E-state index in [0.717, 1.165) is 35.6 Å². The maximum atomic E-state index is 9.54. The van der Waals surface area contributed by atoms with Gasteiger partial charge in [-0.3, -0.25) is 0 Å². The van der Waals surface area contributed by atoms with Crippen molar-refractivity contribution in [1.82, 2.24) is 0 Å². The summed E-state index contributed by atoms with van der Waals surface area (Å²) in [5.74, 6) is 0.950. The summed E-state index contributed by atoms with van der Waals surface area (Å²) in [6.45, 7) is 2.04. The molecule has 0 aromatic heterocycles. The van der Waals surface area contributed by atoms with Gasteiger partial charge in [-0.2, -0.15) is 5.26 Å². The standard InChI is InChI=1S/C15H16ClNO2/c16-13-7-11-1-4-19-14(11)12(8-13)9-15(10-17)2-5-18-6-3-15/h7-8H,1-6,9H2. The van der Waals surface area contributed by atoms with Crippen molar-refractivity contribution in [2.75, 3.05) is 19.8 Å². The normalized spacial score (nSPS) is 20.4. The summed E-state index contributed by atoms with van der Waals surface area (Å²) in [5.41, 5.74) is 1.91. The molecule has 3 nitrogen and oxygen atoms in total. The van der Waals surface area contributed by atoms with E-state index in [9.17, 15) is 5.26 Å². The summed E-state index contributed by atoms with van der Waals surface area (Å²) in [6.07, 6.45) is 3.18. The number of nitrogens with zero attached hydrogens (tertiary/aromatic N) is 1. The molecule has 1 saturated heterocycles. The summed E-state index contributed by atoms with van der Waals surface area (Å²) in [6, 6.07) is 6.41. The summed E-state index contributed by atoms with van der Waals surface area (Å²) in [4.78, 5) is 0. The van der Waals surface area contributed by atoms with E-state index in [4.69, 9.17) is 21.1 Å². The second-order valence-corrected chi connectivity index (χ2v) is 5.77. The number of nitriles is 1. The summed E-state index contributed by atoms with van der Waals surface area (Å²) < 4.78 is 11.1. The molecule has 2 aliphatic rings. The molecule has 1 aromatic rings. The number of hydrogen-bond acceptors (Lipinski definition) is 3. The molecule has 2 aliphatic heterocycles. The Morgan fingerprint density at radius 2 is 2.05 bits per heavy atom. The maximum Gasteiger partial charge on any atom is 0.125 e. The largest absolute Gasteiger partial charge is 0.493 e. The van der Waals surface area contributed by atoms with E-state index in [1.54, 1.807) is 0 Å². The van der Waals surface area contributed by atoms with Crippen LogP contribution in [0.2, 0.25) is 5.02 Å². The average molecular weight is 278 g/mol. The molecule has 100 valence electrons. The van der Waals surface area contributed by atoms with E-state index in [2.05, 4.69) is 6.07 Å². The first-order valence-electron chi connectivity index (χ1n) is 6.66. The Kier molecular flexibility index (Phi) is 3.38. The second-order valence-electron chi connectivity index (χ2n) is 5.33. The van der Waals surface area contributed by atoms with Crippen molar-refractivity contribution >= 4 is 11.6 Å². The maximum absolute atomic E-state index is 9.54. The molecular formula is C15H16ClNO2. The highest BCUT2D eigenvalue weighted by Crippen LogP contribution is 2.40. The van der Waals surface area contributed by atoms with Gasteiger partial charge in [-0.15, -0.1) is 0 Å². The molecule has 0 atom stereocenters. The Labute approximate surface area is 118 Å². The third-order valence-electron chi connectivity index (χ3n) is 4.04. The molecule has 0 saturated carbocycles. The van der Waals surface area contributed by atoms with Gasteiger partial charge in [-0.1, -0.05) is 11.6 Å². The average Bonchev–Trinajstić information content (AvgIpc) is 2.88. The van der Waals surface area contributed by atoms with Gasteiger partial charge >= 0.3 is 0 Å². The topological polar surface area (TPSA) is 42.2 Å². The first kappa shape index (κ1) is 12.8. The zero-order valence-corrected chi connectivity index (χ0v) is 11.5. The highest BCUT2D eigenvalue weighted by atomic mass is 35.5. The van der Waals surface area contributed by atoms with Crippen molar-refractivity contribution < 1.29 is 9.47 Å². The SMILES string of the molecule is N#CC1(Cc2cc(Cl)cc3c2OCC3)CCOCC1. The molecule has 4 heteroatoms. The number of hydrogen-bond donors (Lipinski definition) is 0. The van der Waals surface area contributed by atoms with Gasteiger partial charge in [-0.05, 0) is 42.5 Å². The van der Waals surface area contributed by atoms with E-state index < -0.39 is 0 Å². The fourth-order valence-corrected chi connectivity index (χ4v) is 3.20. The zero-order valence-electron chi connectivity index (χ0n) is 10.7. The van der Waals surface area contributed by atoms with Crippen LogP contribution in [0.5, 0.6) is 5.75 Å². The third-order valence-corrected chi connectivity index (χ3v) is 4.26. The molecule has 1 fully saturated rings. The van der Waals surface area contributed by atoms with Crippen LogP contribution in [0.3, 0.4) is 0 Å². The van der Waals surface area contributed by atoms with Gasteiger partial charge in [0.15, 0.2) is 0 Å². The van der Waals surface area contributed by atoms with Crippen molar-refractivity contribution in [2.45, 2.75) is 25.7 Å². The van der Waals surface area contributed by atoms with Crippen LogP contribution >= 0.6 is 11.6 Å². The first-order chi connectivity index (χ1) is 9.22. The Bertz CT molecular complexity index is 530. The smallest absolute Gasteiger partial charge is 0.125 e. The Balaban J connectivity index is 1.93. The van der Waals surface area contributed by atoms with Gasteiger partial charge in [0.25, 0.3) is 0 Å². The molecule has 0 spiro atoms. The van der Waals surface area contributed by atoms with Crippen molar-refractivity contribution in [1.29, 1.82) is 5.26 Å². The molecule has 0 bridgehead atoms. The quantitative estimate of drug-likeness (QED) is 0.834. The molecule has 0 amide bonds. The Morgan fingerprint density at radius 3 is 2.79 bits per heavy atom. The van der Waals surface area contributed by atoms with Crippen LogP contribution in [0.4, 0.5) is 0 Å². The molecule has 3 rings (SSSR count). The van der Waals surface area contributed by atoms with Crippen molar-refractivity contribution in [3.8, 4) is 11.8 Å². The van der Waals surface area contributed by atoms with Gasteiger partial charge in [0.2, 0.25) is 0 Å². The van der Waals surface area contributed by atoms with E-state index in [0.29, 0.717) is 26.2 Å². The van der Waals surface area contributed by atoms with Gasteiger partial charge in [-0.25, -0.2) is 0 Å². The van der Waals surface area contributed by atoms with Gasteiger partial charge in [0.1, 0.15) is 5.75 Å². The number of halogens is 1. The van der Waals surface area contributed by atoms with Gasteiger partial charge < -0.3 is 9.47 Å². The zero-order chi connectivity index (χ0) is 13.3. The van der Waals surface area contributed by atoms with E-state index >= 15 is 0 Å². The minimum atomic E-state index is -0.331. The lowest BCUT2D eigenvalue weighted by molar-refractivity contribution is 0.0404. The monoisotopic (exact) mass is 277 g/mol. The fourth-order valence-electron chi connectivity index (χ4n) is 2.93. The number of rotatable bonds is 2. The van der Waals surface area contributed by atoms with Crippen molar-refractivity contribution in [3.05, 3.63) is 28.3 Å². The second kappa shape index (κ2) is 5.03. The molecule has 0 radical (unpaired) electrons. The number of fused-ring (bicyclic) bond motifs is 1. The van der Waals surface area contributed by atoms with E-state index in [1.165, 1.54) is 5.56 Å². The summed E-state index contributed by atoms with van der Waals surface area (Å²) in [7, 11) is 0. The van der Waals surface area contributed by atoms with Gasteiger partial charge in [0, 0.05) is 24.7 Å². The predicted octanol–water partition coefficient (Wildman–Crippen LogP) is 3.14. The van der Waals surface area contributed by atoms with Crippen LogP contribution in [-0.2, 0) is 17.6 Å². The number of ether oxygens (including phenoxy) is 2. The third kappa shape index (κ3) is 2.43. The lowest BCUT2D eigenvalue weighted by Gasteiger charge is -2.31. The van der Waals surface area contributed by atoms with Crippen LogP contribution in [0, 0.1) is 16.7 Å². The van der Waals surface area contributed by atoms with Crippen molar-refractivity contribution in [3.63, 3.8) is 0 Å². The minimum absolute atomic E-state index is 0.331. The van der Waals surface area contributed by atoms with E-state index in [1.807, 2.05) is 12.1 Å². The Morgan fingerprint density at radius 1 is 1.26 bits per heavy atom. The fraction of sp³-hybridized carbons (Fsp3) is 0.533.